The van der Waals surface area contributed by atoms with Crippen molar-refractivity contribution in [1.82, 2.24) is 4.57 Å². The van der Waals surface area contributed by atoms with E-state index in [0.717, 1.165) is 27.8 Å². The molecule has 0 aliphatic carbocycles. The monoisotopic (exact) mass is 584 g/mol. The van der Waals surface area contributed by atoms with Crippen LogP contribution in [0.4, 0.5) is 11.4 Å². The Morgan fingerprint density at radius 2 is 1.13 bits per heavy atom. The Morgan fingerprint density at radius 1 is 0.500 bits per heavy atom. The van der Waals surface area contributed by atoms with Gasteiger partial charge in [-0.2, -0.15) is 0 Å². The van der Waals surface area contributed by atoms with E-state index in [1.54, 1.807) is 0 Å². The lowest BCUT2D eigenvalue weighted by Crippen LogP contribution is -2.59. The molecule has 0 atom stereocenters. The molecule has 3 nitrogen and oxygen atoms in total. The zero-order chi connectivity index (χ0) is 29.9. The molecular weight excluding hydrogens is 559 g/mol. The molecule has 7 aromatic carbocycles. The summed E-state index contributed by atoms with van der Waals surface area (Å²) in [4.78, 5) is 2.58. The van der Waals surface area contributed by atoms with Crippen molar-refractivity contribution in [3.8, 4) is 27.9 Å². The van der Waals surface area contributed by atoms with Gasteiger partial charge in [0.05, 0.1) is 11.0 Å². The molecule has 212 valence electrons. The first-order chi connectivity index (χ1) is 22.9. The number of nitrogens with zero attached hydrogens (tertiary/aromatic N) is 2. The van der Waals surface area contributed by atoms with Crippen LogP contribution in [-0.4, -0.2) is 11.4 Å². The number of aromatic nitrogens is 1. The molecule has 4 heterocycles. The van der Waals surface area contributed by atoms with Crippen LogP contribution in [0, 0.1) is 0 Å². The average Bonchev–Trinajstić information content (AvgIpc) is 3.68. The second-order valence-electron chi connectivity index (χ2n) is 12.4. The van der Waals surface area contributed by atoms with Crippen molar-refractivity contribution in [3.05, 3.63) is 152 Å². The lowest BCUT2D eigenvalue weighted by molar-refractivity contribution is 0.671. The Labute approximate surface area is 265 Å². The molecule has 0 saturated heterocycles. The highest BCUT2D eigenvalue weighted by Gasteiger charge is 2.45. The molecule has 11 rings (SSSR count). The molecule has 0 fully saturated rings. The molecule has 9 aromatic rings. The van der Waals surface area contributed by atoms with Gasteiger partial charge >= 0.3 is 6.85 Å². The van der Waals surface area contributed by atoms with E-state index in [2.05, 4.69) is 161 Å². The van der Waals surface area contributed by atoms with Crippen LogP contribution < -0.4 is 15.7 Å². The fourth-order valence-electron chi connectivity index (χ4n) is 8.46. The maximum atomic E-state index is 7.01. The molecular formula is C42H25BN2O. The standard InChI is InChI=1S/C42H25BN2O/c1-2-14-26(15-3-1)44-33-22-10-6-18-29(33)38-37-30-19-7-12-24-35(30)45-34-23-11-5-17-28(34)27-16-4-9-21-32(27)43(45)40(37)39-31-20-8-13-25-36(31)46-42(39)41(38)44/h1-25H. The molecule has 0 amide bonds. The highest BCUT2D eigenvalue weighted by molar-refractivity contribution is 6.94. The van der Waals surface area contributed by atoms with Crippen LogP contribution in [0.15, 0.2) is 156 Å². The Morgan fingerprint density at radius 3 is 1.98 bits per heavy atom. The predicted molar refractivity (Wildman–Crippen MR) is 193 cm³/mol. The van der Waals surface area contributed by atoms with Gasteiger partial charge in [-0.3, -0.25) is 0 Å². The van der Waals surface area contributed by atoms with E-state index in [1.807, 2.05) is 0 Å². The number of anilines is 2. The van der Waals surface area contributed by atoms with E-state index in [-0.39, 0.29) is 6.85 Å². The third-order valence-corrected chi connectivity index (χ3v) is 10.2. The summed E-state index contributed by atoms with van der Waals surface area (Å²) in [5, 5.41) is 4.81. The number of benzene rings is 7. The van der Waals surface area contributed by atoms with E-state index < -0.39 is 0 Å². The zero-order valence-corrected chi connectivity index (χ0v) is 24.8. The Balaban J connectivity index is 1.44. The number of furan rings is 1. The van der Waals surface area contributed by atoms with Gasteiger partial charge in [0.2, 0.25) is 0 Å². The van der Waals surface area contributed by atoms with Gasteiger partial charge in [0.1, 0.15) is 5.58 Å². The predicted octanol–water partition coefficient (Wildman–Crippen LogP) is 9.59. The molecule has 2 aliphatic heterocycles. The average molecular weight is 584 g/mol. The summed E-state index contributed by atoms with van der Waals surface area (Å²) in [6.07, 6.45) is 0. The summed E-state index contributed by atoms with van der Waals surface area (Å²) in [7, 11) is 0. The molecule has 0 bridgehead atoms. The van der Waals surface area contributed by atoms with E-state index in [9.17, 15) is 0 Å². The third-order valence-electron chi connectivity index (χ3n) is 10.2. The minimum atomic E-state index is -0.0391. The minimum absolute atomic E-state index is 0.0391. The Bertz CT molecular complexity index is 2720. The molecule has 46 heavy (non-hydrogen) atoms. The quantitative estimate of drug-likeness (QED) is 0.179. The summed E-state index contributed by atoms with van der Waals surface area (Å²) in [6, 6.07) is 54.9. The van der Waals surface area contributed by atoms with E-state index in [4.69, 9.17) is 4.42 Å². The van der Waals surface area contributed by atoms with Crippen molar-refractivity contribution in [1.29, 1.82) is 0 Å². The van der Waals surface area contributed by atoms with Gasteiger partial charge in [0, 0.05) is 49.7 Å². The largest absolute Gasteiger partial charge is 0.454 e. The van der Waals surface area contributed by atoms with Gasteiger partial charge in [-0.05, 0) is 58.5 Å². The SMILES string of the molecule is c1ccc(-n2c3ccccc3c3c4c(c5c6ccccc6oc5c32)B2c3ccccc3-c3ccccc3N2c2ccccc2-4)cc1. The lowest BCUT2D eigenvalue weighted by atomic mass is 9.42. The van der Waals surface area contributed by atoms with Crippen molar-refractivity contribution in [2.75, 3.05) is 4.81 Å². The van der Waals surface area contributed by atoms with Gasteiger partial charge in [-0.25, -0.2) is 0 Å². The van der Waals surface area contributed by atoms with E-state index >= 15 is 0 Å². The second-order valence-corrected chi connectivity index (χ2v) is 12.4. The molecule has 0 saturated carbocycles. The van der Waals surface area contributed by atoms with Crippen molar-refractivity contribution in [2.24, 2.45) is 0 Å². The highest BCUT2D eigenvalue weighted by atomic mass is 16.3. The lowest BCUT2D eigenvalue weighted by Gasteiger charge is -2.43. The van der Waals surface area contributed by atoms with Crippen LogP contribution in [0.5, 0.6) is 0 Å². The van der Waals surface area contributed by atoms with Crippen LogP contribution in [-0.2, 0) is 0 Å². The fraction of sp³-hybridized carbons (Fsp3) is 0. The third kappa shape index (κ3) is 2.94. The van der Waals surface area contributed by atoms with Crippen LogP contribution in [0.3, 0.4) is 0 Å². The molecule has 0 unspecified atom stereocenters. The molecule has 2 aromatic heterocycles. The van der Waals surface area contributed by atoms with Crippen LogP contribution >= 0.6 is 0 Å². The number of fused-ring (bicyclic) bond motifs is 20. The van der Waals surface area contributed by atoms with Crippen molar-refractivity contribution >= 4 is 72.9 Å². The first-order valence-corrected chi connectivity index (χ1v) is 15.9. The van der Waals surface area contributed by atoms with Crippen LogP contribution in [0.1, 0.15) is 0 Å². The van der Waals surface area contributed by atoms with E-state index in [0.29, 0.717) is 0 Å². The summed E-state index contributed by atoms with van der Waals surface area (Å²) >= 11 is 0. The number of para-hydroxylation sites is 5. The summed E-state index contributed by atoms with van der Waals surface area (Å²) < 4.78 is 9.42. The highest BCUT2D eigenvalue weighted by Crippen LogP contribution is 2.51. The van der Waals surface area contributed by atoms with E-state index in [1.165, 1.54) is 66.2 Å². The summed E-state index contributed by atoms with van der Waals surface area (Å²) in [5.41, 5.74) is 15.4. The molecule has 0 N–H and O–H groups in total. The van der Waals surface area contributed by atoms with Crippen molar-refractivity contribution in [3.63, 3.8) is 0 Å². The Kier molecular flexibility index (Phi) is 4.66. The normalized spacial score (nSPS) is 13.1. The topological polar surface area (TPSA) is 21.3 Å². The number of hydrogen-bond acceptors (Lipinski definition) is 2. The summed E-state index contributed by atoms with van der Waals surface area (Å²) in [6.45, 7) is -0.0391. The van der Waals surface area contributed by atoms with Gasteiger partial charge in [0.15, 0.2) is 5.58 Å². The maximum Gasteiger partial charge on any atom is 0.330 e. The zero-order valence-electron chi connectivity index (χ0n) is 24.8. The first kappa shape index (κ1) is 24.3. The molecule has 4 heteroatoms. The summed E-state index contributed by atoms with van der Waals surface area (Å²) in [5.74, 6) is 0. The van der Waals surface area contributed by atoms with Gasteiger partial charge in [0.25, 0.3) is 0 Å². The molecule has 0 spiro atoms. The van der Waals surface area contributed by atoms with Gasteiger partial charge in [-0.15, -0.1) is 0 Å². The van der Waals surface area contributed by atoms with Gasteiger partial charge in [-0.1, -0.05) is 115 Å². The maximum absolute atomic E-state index is 7.01. The Hall–Kier alpha value is -6.00. The molecule has 2 aliphatic rings. The van der Waals surface area contributed by atoms with Gasteiger partial charge < -0.3 is 13.8 Å². The van der Waals surface area contributed by atoms with Crippen LogP contribution in [0.25, 0.3) is 71.7 Å². The smallest absolute Gasteiger partial charge is 0.330 e. The van der Waals surface area contributed by atoms with Crippen molar-refractivity contribution < 1.29 is 4.42 Å². The van der Waals surface area contributed by atoms with Crippen LogP contribution in [0.2, 0.25) is 0 Å². The number of rotatable bonds is 1. The first-order valence-electron chi connectivity index (χ1n) is 15.9. The molecule has 0 radical (unpaired) electrons. The number of hydrogen-bond donors (Lipinski definition) is 0. The van der Waals surface area contributed by atoms with Crippen molar-refractivity contribution in [2.45, 2.75) is 0 Å². The fourth-order valence-corrected chi connectivity index (χ4v) is 8.46. The second kappa shape index (κ2) is 8.80. The minimum Gasteiger partial charge on any atom is -0.454 e.